The summed E-state index contributed by atoms with van der Waals surface area (Å²) in [6.07, 6.45) is -2.29. The average molecular weight is 557 g/mol. The first-order valence-electron chi connectivity index (χ1n) is 11.7. The van der Waals surface area contributed by atoms with Gasteiger partial charge in [0.1, 0.15) is 27.3 Å². The maximum Gasteiger partial charge on any atom is 0.419 e. The number of hydrogen-bond donors (Lipinski definition) is 2. The number of nitrogens with two attached hydrogens (primary N) is 1. The summed E-state index contributed by atoms with van der Waals surface area (Å²) in [6.45, 7) is 3.28. The summed E-state index contributed by atoms with van der Waals surface area (Å²) in [4.78, 5) is 8.79. The zero-order valence-electron chi connectivity index (χ0n) is 21.2. The van der Waals surface area contributed by atoms with Gasteiger partial charge in [-0.3, -0.25) is 0 Å². The lowest BCUT2D eigenvalue weighted by Gasteiger charge is -2.21. The molecule has 3 aromatic rings. The largest absolute Gasteiger partial charge is 0.493 e. The molecule has 0 amide bonds. The Balaban J connectivity index is 1.70. The molecule has 0 radical (unpaired) electrons. The number of anilines is 2. The minimum absolute atomic E-state index is 0.00814. The van der Waals surface area contributed by atoms with Crippen LogP contribution < -0.4 is 20.5 Å². The van der Waals surface area contributed by atoms with Gasteiger partial charge in [-0.05, 0) is 44.9 Å². The number of alkyl halides is 3. The van der Waals surface area contributed by atoms with Crippen LogP contribution in [0.15, 0.2) is 24.3 Å². The number of nitrogen functional groups attached to an aromatic ring is 1. The molecule has 0 spiro atoms. The van der Waals surface area contributed by atoms with Gasteiger partial charge in [0.15, 0.2) is 11.5 Å². The number of aryl methyl sites for hydroxylation is 1. The Bertz CT molecular complexity index is 1490. The van der Waals surface area contributed by atoms with Gasteiger partial charge in [-0.2, -0.15) is 13.2 Å². The molecule has 0 unspecified atom stereocenters. The first-order chi connectivity index (χ1) is 17.6. The SMILES string of the molecule is COc1cc2nc(C)nc(N[C@H](C)c3cc(N)cc(C(F)(F)F)c3F)c2cc1OCC1(CS(C)(=O)=O)CC1. The third-order valence-electron chi connectivity index (χ3n) is 6.40. The smallest absolute Gasteiger partial charge is 0.419 e. The molecule has 1 aromatic heterocycles. The van der Waals surface area contributed by atoms with Gasteiger partial charge in [-0.15, -0.1) is 0 Å². The van der Waals surface area contributed by atoms with Crippen LogP contribution in [-0.2, 0) is 16.0 Å². The fraction of sp³-hybridized carbons (Fsp3) is 0.440. The van der Waals surface area contributed by atoms with Gasteiger partial charge in [0.05, 0.1) is 36.6 Å². The van der Waals surface area contributed by atoms with Crippen LogP contribution in [0.2, 0.25) is 0 Å². The van der Waals surface area contributed by atoms with Gasteiger partial charge in [0.25, 0.3) is 0 Å². The van der Waals surface area contributed by atoms with E-state index in [1.807, 2.05) is 0 Å². The normalized spacial score (nSPS) is 15.8. The molecule has 13 heteroatoms. The minimum Gasteiger partial charge on any atom is -0.493 e. The molecule has 4 rings (SSSR count). The second-order valence-electron chi connectivity index (χ2n) is 9.83. The van der Waals surface area contributed by atoms with E-state index in [0.717, 1.165) is 6.07 Å². The van der Waals surface area contributed by atoms with Crippen LogP contribution >= 0.6 is 0 Å². The van der Waals surface area contributed by atoms with E-state index in [2.05, 4.69) is 15.3 Å². The van der Waals surface area contributed by atoms with Gasteiger partial charge in [0.2, 0.25) is 0 Å². The predicted molar refractivity (Wildman–Crippen MR) is 136 cm³/mol. The minimum atomic E-state index is -4.91. The number of fused-ring (bicyclic) bond motifs is 1. The molecule has 1 aliphatic carbocycles. The van der Waals surface area contributed by atoms with Crippen molar-refractivity contribution >= 4 is 32.2 Å². The second kappa shape index (κ2) is 9.75. The van der Waals surface area contributed by atoms with Crippen LogP contribution in [0.5, 0.6) is 11.5 Å². The molecule has 8 nitrogen and oxygen atoms in total. The third-order valence-corrected chi connectivity index (χ3v) is 7.54. The van der Waals surface area contributed by atoms with E-state index in [-0.39, 0.29) is 29.4 Å². The summed E-state index contributed by atoms with van der Waals surface area (Å²) in [7, 11) is -1.74. The molecule has 38 heavy (non-hydrogen) atoms. The van der Waals surface area contributed by atoms with Gasteiger partial charge in [-0.1, -0.05) is 0 Å². The van der Waals surface area contributed by atoms with Crippen LogP contribution in [0.4, 0.5) is 29.1 Å². The first-order valence-corrected chi connectivity index (χ1v) is 13.8. The molecule has 0 aliphatic heterocycles. The lowest BCUT2D eigenvalue weighted by Crippen LogP contribution is -2.23. The number of benzene rings is 2. The number of nitrogens with zero attached hydrogens (tertiary/aromatic N) is 2. The van der Waals surface area contributed by atoms with Gasteiger partial charge >= 0.3 is 6.18 Å². The molecular weight excluding hydrogens is 528 g/mol. The van der Waals surface area contributed by atoms with E-state index in [1.54, 1.807) is 19.1 Å². The van der Waals surface area contributed by atoms with Gasteiger partial charge in [0, 0.05) is 34.4 Å². The van der Waals surface area contributed by atoms with Crippen LogP contribution in [0.25, 0.3) is 10.9 Å². The summed E-state index contributed by atoms with van der Waals surface area (Å²) in [6, 6.07) is 3.98. The number of methoxy groups -OCH3 is 1. The number of ether oxygens (including phenoxy) is 2. The number of nitrogens with one attached hydrogen (secondary N) is 1. The molecule has 0 saturated heterocycles. The maximum atomic E-state index is 14.9. The van der Waals surface area contributed by atoms with Crippen molar-refractivity contribution < 1.29 is 35.5 Å². The number of halogens is 4. The number of hydrogen-bond acceptors (Lipinski definition) is 8. The van der Waals surface area contributed by atoms with Crippen molar-refractivity contribution in [3.8, 4) is 11.5 Å². The third kappa shape index (κ3) is 6.03. The Morgan fingerprint density at radius 1 is 1.16 bits per heavy atom. The highest BCUT2D eigenvalue weighted by Crippen LogP contribution is 2.48. The fourth-order valence-electron chi connectivity index (χ4n) is 4.40. The van der Waals surface area contributed by atoms with Crippen LogP contribution in [0, 0.1) is 18.2 Å². The quantitative estimate of drug-likeness (QED) is 0.277. The Labute approximate surface area is 217 Å². The highest BCUT2D eigenvalue weighted by atomic mass is 32.2. The number of aromatic nitrogens is 2. The summed E-state index contributed by atoms with van der Waals surface area (Å²) in [5, 5.41) is 3.43. The zero-order valence-corrected chi connectivity index (χ0v) is 22.1. The monoisotopic (exact) mass is 556 g/mol. The van der Waals surface area contributed by atoms with E-state index in [9.17, 15) is 26.0 Å². The van der Waals surface area contributed by atoms with E-state index < -0.39 is 38.9 Å². The lowest BCUT2D eigenvalue weighted by atomic mass is 10.0. The van der Waals surface area contributed by atoms with E-state index in [4.69, 9.17) is 15.2 Å². The predicted octanol–water partition coefficient (Wildman–Crippen LogP) is 5.06. The van der Waals surface area contributed by atoms with Crippen LogP contribution in [0.3, 0.4) is 0 Å². The lowest BCUT2D eigenvalue weighted by molar-refractivity contribution is -0.140. The molecule has 2 aromatic carbocycles. The maximum absolute atomic E-state index is 14.9. The molecule has 1 atom stereocenters. The van der Waals surface area contributed by atoms with Crippen molar-refractivity contribution in [3.05, 3.63) is 47.0 Å². The zero-order chi connectivity index (χ0) is 28.0. The van der Waals surface area contributed by atoms with E-state index >= 15 is 0 Å². The molecule has 1 fully saturated rings. The van der Waals surface area contributed by atoms with Crippen LogP contribution in [0.1, 0.15) is 42.8 Å². The molecule has 206 valence electrons. The number of sulfone groups is 1. The van der Waals surface area contributed by atoms with Crippen LogP contribution in [-0.4, -0.2) is 44.1 Å². The Morgan fingerprint density at radius 3 is 2.42 bits per heavy atom. The van der Waals surface area contributed by atoms with Crippen molar-refractivity contribution in [2.24, 2.45) is 5.41 Å². The molecule has 1 heterocycles. The molecule has 1 aliphatic rings. The Kier molecular flexibility index (Phi) is 7.10. The van der Waals surface area contributed by atoms with E-state index in [1.165, 1.54) is 20.3 Å². The second-order valence-corrected chi connectivity index (χ2v) is 12.0. The van der Waals surface area contributed by atoms with Crippen molar-refractivity contribution in [2.45, 2.75) is 38.9 Å². The Morgan fingerprint density at radius 2 is 1.84 bits per heavy atom. The summed E-state index contributed by atoms with van der Waals surface area (Å²) < 4.78 is 89.9. The van der Waals surface area contributed by atoms with E-state index in [0.29, 0.717) is 47.1 Å². The fourth-order valence-corrected chi connectivity index (χ4v) is 5.89. The molecule has 3 N–H and O–H groups in total. The van der Waals surface area contributed by atoms with Crippen molar-refractivity contribution in [1.82, 2.24) is 9.97 Å². The molecular formula is C25H28F4N4O4S. The first kappa shape index (κ1) is 27.7. The molecule has 1 saturated carbocycles. The highest BCUT2D eigenvalue weighted by molar-refractivity contribution is 7.90. The van der Waals surface area contributed by atoms with Gasteiger partial charge in [-0.25, -0.2) is 22.8 Å². The summed E-state index contributed by atoms with van der Waals surface area (Å²) in [5.74, 6) is -0.141. The average Bonchev–Trinajstić information content (AvgIpc) is 3.55. The summed E-state index contributed by atoms with van der Waals surface area (Å²) >= 11 is 0. The topological polar surface area (TPSA) is 116 Å². The Hall–Kier alpha value is -3.35. The molecule has 0 bridgehead atoms. The van der Waals surface area contributed by atoms with Crippen molar-refractivity contribution in [1.29, 1.82) is 0 Å². The van der Waals surface area contributed by atoms with Crippen molar-refractivity contribution in [3.63, 3.8) is 0 Å². The summed E-state index contributed by atoms with van der Waals surface area (Å²) in [5.41, 5.74) is 3.69. The standard InChI is InChI=1S/C25H28F4N4O4S/c1-13(16-7-15(30)8-18(22(16)26)25(27,28)29)31-23-17-9-21(20(36-3)10-19(17)32-14(2)33-23)37-11-24(5-6-24)12-38(4,34)35/h7-10,13H,5-6,11-12,30H2,1-4H3,(H,31,32,33)/t13-/m1/s1. The van der Waals surface area contributed by atoms with Crippen molar-refractivity contribution in [2.75, 3.05) is 36.8 Å². The highest BCUT2D eigenvalue weighted by Gasteiger charge is 2.46. The number of rotatable bonds is 9. The van der Waals surface area contributed by atoms with Gasteiger partial charge < -0.3 is 20.5 Å².